The van der Waals surface area contributed by atoms with Crippen LogP contribution in [0.2, 0.25) is 0 Å². The van der Waals surface area contributed by atoms with E-state index in [-0.39, 0.29) is 11.2 Å². The number of anilines is 1. The van der Waals surface area contributed by atoms with Gasteiger partial charge in [-0.2, -0.15) is 0 Å². The van der Waals surface area contributed by atoms with Crippen LogP contribution in [0.5, 0.6) is 0 Å². The molecule has 1 saturated heterocycles. The van der Waals surface area contributed by atoms with Crippen molar-refractivity contribution in [2.24, 2.45) is 0 Å². The molecule has 4 rings (SSSR count). The van der Waals surface area contributed by atoms with Gasteiger partial charge in [-0.15, -0.1) is 0 Å². The first-order chi connectivity index (χ1) is 15.6. The third kappa shape index (κ3) is 4.94. The van der Waals surface area contributed by atoms with Crippen molar-refractivity contribution in [3.05, 3.63) is 68.5 Å². The monoisotopic (exact) mass is 454 g/mol. The standard InChI is InChI=1S/C23H26N4O4S/c1-2-3-10-26-22(28)20-15-19(25-11-13-31-14-12-25)8-9-21(20)24-23(26)32-16-17-4-6-18(7-5-17)27(29)30/h4-9,15H,2-3,10-14,16H2,1H3. The number of non-ortho nitro benzene ring substituents is 1. The van der Waals surface area contributed by atoms with E-state index in [9.17, 15) is 14.9 Å². The number of hydrogen-bond acceptors (Lipinski definition) is 7. The molecule has 1 aliphatic rings. The van der Waals surface area contributed by atoms with E-state index in [1.165, 1.54) is 23.9 Å². The predicted octanol–water partition coefficient (Wildman–Crippen LogP) is 4.23. The summed E-state index contributed by atoms with van der Waals surface area (Å²) in [5.74, 6) is 0.577. The minimum absolute atomic E-state index is 0.0234. The third-order valence-electron chi connectivity index (χ3n) is 5.53. The molecule has 0 saturated carbocycles. The molecule has 1 fully saturated rings. The maximum Gasteiger partial charge on any atom is 0.269 e. The SMILES string of the molecule is CCCCn1c(SCc2ccc([N+](=O)[O-])cc2)nc2ccc(N3CCOCC3)cc2c1=O. The topological polar surface area (TPSA) is 90.5 Å². The number of aromatic nitrogens is 2. The van der Waals surface area contributed by atoms with Gasteiger partial charge < -0.3 is 9.64 Å². The molecule has 8 nitrogen and oxygen atoms in total. The van der Waals surface area contributed by atoms with E-state index < -0.39 is 4.92 Å². The normalized spacial score (nSPS) is 14.1. The summed E-state index contributed by atoms with van der Waals surface area (Å²) in [6, 6.07) is 12.4. The maximum atomic E-state index is 13.4. The zero-order valence-electron chi connectivity index (χ0n) is 18.0. The summed E-state index contributed by atoms with van der Waals surface area (Å²) in [5.41, 5.74) is 2.70. The molecule has 0 bridgehead atoms. The fraction of sp³-hybridized carbons (Fsp3) is 0.391. The van der Waals surface area contributed by atoms with Crippen molar-refractivity contribution in [2.45, 2.75) is 37.2 Å². The average Bonchev–Trinajstić information content (AvgIpc) is 2.83. The van der Waals surface area contributed by atoms with Crippen molar-refractivity contribution in [3.8, 4) is 0 Å². The zero-order valence-corrected chi connectivity index (χ0v) is 18.8. The van der Waals surface area contributed by atoms with Crippen LogP contribution in [0, 0.1) is 10.1 Å². The van der Waals surface area contributed by atoms with Gasteiger partial charge in [-0.3, -0.25) is 19.5 Å². The third-order valence-corrected chi connectivity index (χ3v) is 6.58. The summed E-state index contributed by atoms with van der Waals surface area (Å²) in [6.45, 7) is 5.71. The van der Waals surface area contributed by atoms with Gasteiger partial charge in [-0.05, 0) is 30.2 Å². The van der Waals surface area contributed by atoms with Crippen LogP contribution < -0.4 is 10.5 Å². The number of nitro groups is 1. The maximum absolute atomic E-state index is 13.4. The number of ether oxygens (including phenoxy) is 1. The Morgan fingerprint density at radius 1 is 1.16 bits per heavy atom. The Labute approximate surface area is 190 Å². The van der Waals surface area contributed by atoms with Gasteiger partial charge in [-0.25, -0.2) is 4.98 Å². The van der Waals surface area contributed by atoms with Gasteiger partial charge >= 0.3 is 0 Å². The van der Waals surface area contributed by atoms with Gasteiger partial charge in [0.15, 0.2) is 5.16 Å². The van der Waals surface area contributed by atoms with Crippen molar-refractivity contribution in [1.82, 2.24) is 9.55 Å². The number of nitrogens with zero attached hydrogens (tertiary/aromatic N) is 4. The molecule has 168 valence electrons. The Morgan fingerprint density at radius 3 is 2.59 bits per heavy atom. The van der Waals surface area contributed by atoms with E-state index in [1.54, 1.807) is 16.7 Å². The second-order valence-corrected chi connectivity index (χ2v) is 8.66. The van der Waals surface area contributed by atoms with Crippen molar-refractivity contribution < 1.29 is 9.66 Å². The van der Waals surface area contributed by atoms with Crippen LogP contribution in [0.25, 0.3) is 10.9 Å². The highest BCUT2D eigenvalue weighted by atomic mass is 32.2. The number of hydrogen-bond donors (Lipinski definition) is 0. The zero-order chi connectivity index (χ0) is 22.5. The molecule has 1 aromatic heterocycles. The van der Waals surface area contributed by atoms with Crippen molar-refractivity contribution in [1.29, 1.82) is 0 Å². The van der Waals surface area contributed by atoms with Gasteiger partial charge in [0, 0.05) is 43.2 Å². The molecule has 0 unspecified atom stereocenters. The van der Waals surface area contributed by atoms with Crippen LogP contribution in [-0.2, 0) is 17.0 Å². The molecule has 0 N–H and O–H groups in total. The quantitative estimate of drug-likeness (QED) is 0.218. The van der Waals surface area contributed by atoms with Crippen LogP contribution >= 0.6 is 11.8 Å². The van der Waals surface area contributed by atoms with Gasteiger partial charge in [0.05, 0.1) is 29.0 Å². The molecule has 0 radical (unpaired) electrons. The van der Waals surface area contributed by atoms with E-state index in [1.807, 2.05) is 18.2 Å². The molecule has 32 heavy (non-hydrogen) atoms. The van der Waals surface area contributed by atoms with E-state index in [0.717, 1.165) is 37.2 Å². The number of unbranched alkanes of at least 4 members (excludes halogenated alkanes) is 1. The fourth-order valence-corrected chi connectivity index (χ4v) is 4.67. The second kappa shape index (κ2) is 10.1. The Hall–Kier alpha value is -2.91. The van der Waals surface area contributed by atoms with Crippen molar-refractivity contribution in [2.75, 3.05) is 31.2 Å². The molecule has 9 heteroatoms. The Balaban J connectivity index is 1.64. The largest absolute Gasteiger partial charge is 0.378 e. The molecule has 0 spiro atoms. The average molecular weight is 455 g/mol. The van der Waals surface area contributed by atoms with E-state index in [0.29, 0.717) is 41.6 Å². The lowest BCUT2D eigenvalue weighted by atomic mass is 10.2. The van der Waals surface area contributed by atoms with Gasteiger partial charge in [0.2, 0.25) is 0 Å². The molecule has 1 aliphatic heterocycles. The first-order valence-electron chi connectivity index (χ1n) is 10.8. The summed E-state index contributed by atoms with van der Waals surface area (Å²) in [7, 11) is 0. The number of nitro benzene ring substituents is 1. The highest BCUT2D eigenvalue weighted by molar-refractivity contribution is 7.98. The number of thioether (sulfide) groups is 1. The molecular weight excluding hydrogens is 428 g/mol. The van der Waals surface area contributed by atoms with Gasteiger partial charge in [0.1, 0.15) is 0 Å². The molecule has 0 aliphatic carbocycles. The smallest absolute Gasteiger partial charge is 0.269 e. The summed E-state index contributed by atoms with van der Waals surface area (Å²) in [5, 5.41) is 12.2. The lowest BCUT2D eigenvalue weighted by Gasteiger charge is -2.29. The lowest BCUT2D eigenvalue weighted by Crippen LogP contribution is -2.36. The number of benzene rings is 2. The number of rotatable bonds is 8. The van der Waals surface area contributed by atoms with Crippen LogP contribution in [0.4, 0.5) is 11.4 Å². The van der Waals surface area contributed by atoms with Crippen LogP contribution in [0.3, 0.4) is 0 Å². The van der Waals surface area contributed by atoms with Gasteiger partial charge in [0.25, 0.3) is 11.2 Å². The lowest BCUT2D eigenvalue weighted by molar-refractivity contribution is -0.384. The highest BCUT2D eigenvalue weighted by Gasteiger charge is 2.16. The second-order valence-electron chi connectivity index (χ2n) is 7.72. The van der Waals surface area contributed by atoms with Gasteiger partial charge in [-0.1, -0.05) is 37.2 Å². The summed E-state index contributed by atoms with van der Waals surface area (Å²) >= 11 is 1.48. The Bertz CT molecular complexity index is 1160. The van der Waals surface area contributed by atoms with Crippen LogP contribution in [0.15, 0.2) is 52.4 Å². The minimum atomic E-state index is -0.407. The molecule has 2 aromatic carbocycles. The molecule has 0 atom stereocenters. The molecular formula is C23H26N4O4S. The Kier molecular flexibility index (Phi) is 7.06. The highest BCUT2D eigenvalue weighted by Crippen LogP contribution is 2.26. The first-order valence-corrected chi connectivity index (χ1v) is 11.8. The molecule has 0 amide bonds. The number of fused-ring (bicyclic) bond motifs is 1. The van der Waals surface area contributed by atoms with Crippen LogP contribution in [0.1, 0.15) is 25.3 Å². The summed E-state index contributed by atoms with van der Waals surface area (Å²) in [4.78, 5) is 30.9. The van der Waals surface area contributed by atoms with Crippen molar-refractivity contribution in [3.63, 3.8) is 0 Å². The van der Waals surface area contributed by atoms with E-state index in [4.69, 9.17) is 9.72 Å². The van der Waals surface area contributed by atoms with Crippen molar-refractivity contribution >= 4 is 34.0 Å². The van der Waals surface area contributed by atoms with E-state index in [2.05, 4.69) is 11.8 Å². The first kappa shape index (κ1) is 22.3. The minimum Gasteiger partial charge on any atom is -0.378 e. The molecule has 3 aromatic rings. The summed E-state index contributed by atoms with van der Waals surface area (Å²) in [6.07, 6.45) is 1.87. The fourth-order valence-electron chi connectivity index (χ4n) is 3.69. The van der Waals surface area contributed by atoms with E-state index >= 15 is 0 Å². The Morgan fingerprint density at radius 2 is 1.91 bits per heavy atom. The summed E-state index contributed by atoms with van der Waals surface area (Å²) < 4.78 is 7.21. The molecule has 2 heterocycles. The van der Waals surface area contributed by atoms with Crippen LogP contribution in [-0.4, -0.2) is 40.8 Å². The number of morpholine rings is 1. The predicted molar refractivity (Wildman–Crippen MR) is 127 cm³/mol.